The first-order chi connectivity index (χ1) is 16.9. The fourth-order valence-electron chi connectivity index (χ4n) is 3.44. The van der Waals surface area contributed by atoms with Crippen LogP contribution in [0.3, 0.4) is 0 Å². The molecule has 1 atom stereocenters. The predicted molar refractivity (Wildman–Crippen MR) is 126 cm³/mol. The number of halogens is 2. The van der Waals surface area contributed by atoms with Gasteiger partial charge >= 0.3 is 0 Å². The zero-order valence-electron chi connectivity index (χ0n) is 19.5. The van der Waals surface area contributed by atoms with Gasteiger partial charge in [-0.2, -0.15) is 0 Å². The quantitative estimate of drug-likeness (QED) is 0.295. The summed E-state index contributed by atoms with van der Waals surface area (Å²) >= 11 is 0. The molecule has 8 nitrogen and oxygen atoms in total. The molecule has 2 aromatic carbocycles. The van der Waals surface area contributed by atoms with Gasteiger partial charge in [0.15, 0.2) is 17.4 Å². The van der Waals surface area contributed by atoms with Crippen LogP contribution in [-0.2, 0) is 9.47 Å². The molecule has 1 aliphatic rings. The second-order valence-electron chi connectivity index (χ2n) is 7.90. The molecule has 0 spiro atoms. The Morgan fingerprint density at radius 2 is 1.66 bits per heavy atom. The number of carbonyl (C=O) groups excluding carboxylic acids is 2. The van der Waals surface area contributed by atoms with Gasteiger partial charge in [0, 0.05) is 36.5 Å². The maximum Gasteiger partial charge on any atom is 0.251 e. The molecule has 10 heteroatoms. The van der Waals surface area contributed by atoms with Crippen molar-refractivity contribution in [2.75, 3.05) is 46.1 Å². The van der Waals surface area contributed by atoms with Gasteiger partial charge in [0.1, 0.15) is 17.9 Å². The molecule has 2 aromatic rings. The number of carbonyl (C=O) groups is 2. The van der Waals surface area contributed by atoms with Gasteiger partial charge in [-0.05, 0) is 30.7 Å². The second-order valence-corrected chi connectivity index (χ2v) is 7.90. The van der Waals surface area contributed by atoms with Gasteiger partial charge in [0.05, 0.1) is 25.9 Å². The van der Waals surface area contributed by atoms with Crippen LogP contribution in [-0.4, -0.2) is 69.6 Å². The Morgan fingerprint density at radius 1 is 1.00 bits per heavy atom. The highest BCUT2D eigenvalue weighted by atomic mass is 19.2. The van der Waals surface area contributed by atoms with Gasteiger partial charge in [-0.3, -0.25) is 9.59 Å². The van der Waals surface area contributed by atoms with Crippen LogP contribution >= 0.6 is 0 Å². The molecule has 35 heavy (non-hydrogen) atoms. The molecular formula is C25H29F2N3O5. The average molecular weight is 490 g/mol. The summed E-state index contributed by atoms with van der Waals surface area (Å²) < 4.78 is 44.7. The molecule has 0 bridgehead atoms. The Morgan fingerprint density at radius 3 is 2.31 bits per heavy atom. The highest BCUT2D eigenvalue weighted by Gasteiger charge is 2.25. The Bertz CT molecular complexity index is 1050. The SMILES string of the molecule is CCCOCCOCCOc1ccc(F)c(F)c1C(=O)c1ccc(C(=O)N[C@@H]2CNCC2=N)cc1. The van der Waals surface area contributed by atoms with Gasteiger partial charge in [0.25, 0.3) is 5.91 Å². The van der Waals surface area contributed by atoms with E-state index in [9.17, 15) is 18.4 Å². The van der Waals surface area contributed by atoms with Crippen molar-refractivity contribution >= 4 is 17.4 Å². The standard InChI is InChI=1S/C25H29F2N3O5/c1-2-9-33-10-11-34-12-13-35-21-8-7-18(26)23(27)22(21)24(31)16-3-5-17(6-4-16)25(32)30-20-15-29-14-19(20)28/h3-8,20,28-29H,2,9-15H2,1H3,(H,30,32)/t20-/m1/s1. The third-order valence-electron chi connectivity index (χ3n) is 5.29. The fraction of sp³-hybridized carbons (Fsp3) is 0.400. The molecule has 0 radical (unpaired) electrons. The number of hydrogen-bond acceptors (Lipinski definition) is 7. The Hall–Kier alpha value is -3.21. The molecule has 1 fully saturated rings. The van der Waals surface area contributed by atoms with E-state index in [1.54, 1.807) is 0 Å². The number of rotatable bonds is 13. The average Bonchev–Trinajstić information content (AvgIpc) is 3.26. The van der Waals surface area contributed by atoms with E-state index in [1.165, 1.54) is 30.3 Å². The van der Waals surface area contributed by atoms with Crippen LogP contribution in [0, 0.1) is 17.0 Å². The smallest absolute Gasteiger partial charge is 0.251 e. The first-order valence-corrected chi connectivity index (χ1v) is 11.4. The Kier molecular flexibility index (Phi) is 9.83. The molecule has 1 aliphatic heterocycles. The van der Waals surface area contributed by atoms with Crippen molar-refractivity contribution in [3.8, 4) is 5.75 Å². The van der Waals surface area contributed by atoms with Gasteiger partial charge in [-0.25, -0.2) is 8.78 Å². The van der Waals surface area contributed by atoms with Gasteiger partial charge in [-0.1, -0.05) is 19.1 Å². The van der Waals surface area contributed by atoms with E-state index in [1.807, 2.05) is 6.92 Å². The number of amides is 1. The molecule has 3 N–H and O–H groups in total. The fourth-order valence-corrected chi connectivity index (χ4v) is 3.44. The van der Waals surface area contributed by atoms with Gasteiger partial charge in [0.2, 0.25) is 0 Å². The van der Waals surface area contributed by atoms with Crippen LogP contribution in [0.5, 0.6) is 5.75 Å². The maximum absolute atomic E-state index is 14.6. The highest BCUT2D eigenvalue weighted by Crippen LogP contribution is 2.27. The molecule has 0 unspecified atom stereocenters. The molecule has 1 saturated heterocycles. The topological polar surface area (TPSA) is 110 Å². The highest BCUT2D eigenvalue weighted by molar-refractivity contribution is 6.11. The molecule has 0 saturated carbocycles. The minimum atomic E-state index is -1.31. The summed E-state index contributed by atoms with van der Waals surface area (Å²) in [6, 6.07) is 7.26. The lowest BCUT2D eigenvalue weighted by molar-refractivity contribution is 0.0364. The van der Waals surface area contributed by atoms with Crippen molar-refractivity contribution < 1.29 is 32.6 Å². The molecule has 3 rings (SSSR count). The van der Waals surface area contributed by atoms with Crippen molar-refractivity contribution in [2.24, 2.45) is 0 Å². The largest absolute Gasteiger partial charge is 0.490 e. The lowest BCUT2D eigenvalue weighted by atomic mass is 10.00. The van der Waals surface area contributed by atoms with Crippen LogP contribution in [0.15, 0.2) is 36.4 Å². The van der Waals surface area contributed by atoms with Gasteiger partial charge in [-0.15, -0.1) is 0 Å². The third kappa shape index (κ3) is 7.14. The molecule has 1 heterocycles. The zero-order chi connectivity index (χ0) is 25.2. The number of benzene rings is 2. The minimum absolute atomic E-state index is 0.0310. The van der Waals surface area contributed by atoms with E-state index in [2.05, 4.69) is 10.6 Å². The molecule has 1 amide bonds. The summed E-state index contributed by atoms with van der Waals surface area (Å²) in [5.41, 5.74) is 0.196. The second kappa shape index (κ2) is 13.0. The first kappa shape index (κ1) is 26.4. The van der Waals surface area contributed by atoms with Crippen molar-refractivity contribution in [1.29, 1.82) is 5.41 Å². The monoisotopic (exact) mass is 489 g/mol. The molecule has 0 aliphatic carbocycles. The van der Waals surface area contributed by atoms with Gasteiger partial charge < -0.3 is 30.3 Å². The summed E-state index contributed by atoms with van der Waals surface area (Å²) in [7, 11) is 0. The van der Waals surface area contributed by atoms with Crippen LogP contribution in [0.2, 0.25) is 0 Å². The normalized spacial score (nSPS) is 15.3. The van der Waals surface area contributed by atoms with E-state index in [0.29, 0.717) is 38.6 Å². The maximum atomic E-state index is 14.6. The first-order valence-electron chi connectivity index (χ1n) is 11.4. The number of ketones is 1. The van der Waals surface area contributed by atoms with E-state index in [-0.39, 0.29) is 30.1 Å². The van der Waals surface area contributed by atoms with Crippen molar-refractivity contribution in [3.05, 3.63) is 64.7 Å². The minimum Gasteiger partial charge on any atom is -0.490 e. The number of hydrogen-bond donors (Lipinski definition) is 3. The van der Waals surface area contributed by atoms with Crippen LogP contribution in [0.25, 0.3) is 0 Å². The third-order valence-corrected chi connectivity index (χ3v) is 5.29. The summed E-state index contributed by atoms with van der Waals surface area (Å²) in [5, 5.41) is 13.5. The van der Waals surface area contributed by atoms with Crippen LogP contribution < -0.4 is 15.4 Å². The summed E-state index contributed by atoms with van der Waals surface area (Å²) in [5.74, 6) is -3.76. The Balaban J connectivity index is 1.64. The van der Waals surface area contributed by atoms with Crippen molar-refractivity contribution in [2.45, 2.75) is 19.4 Å². The zero-order valence-corrected chi connectivity index (χ0v) is 19.5. The number of ether oxygens (including phenoxy) is 3. The van der Waals surface area contributed by atoms with Crippen LogP contribution in [0.4, 0.5) is 8.78 Å². The van der Waals surface area contributed by atoms with Crippen molar-refractivity contribution in [1.82, 2.24) is 10.6 Å². The van der Waals surface area contributed by atoms with E-state index in [0.717, 1.165) is 12.5 Å². The van der Waals surface area contributed by atoms with Crippen molar-refractivity contribution in [3.63, 3.8) is 0 Å². The Labute approximate surface area is 202 Å². The lowest BCUT2D eigenvalue weighted by Gasteiger charge is -2.14. The summed E-state index contributed by atoms with van der Waals surface area (Å²) in [4.78, 5) is 25.4. The van der Waals surface area contributed by atoms with E-state index in [4.69, 9.17) is 19.6 Å². The molecular weight excluding hydrogens is 460 g/mol. The molecule has 188 valence electrons. The van der Waals surface area contributed by atoms with E-state index < -0.39 is 34.9 Å². The summed E-state index contributed by atoms with van der Waals surface area (Å²) in [6.07, 6.45) is 0.912. The van der Waals surface area contributed by atoms with Crippen LogP contribution in [0.1, 0.15) is 39.6 Å². The summed E-state index contributed by atoms with van der Waals surface area (Å²) in [6.45, 7) is 4.56. The lowest BCUT2D eigenvalue weighted by Crippen LogP contribution is -2.40. The predicted octanol–water partition coefficient (Wildman–Crippen LogP) is 2.74. The van der Waals surface area contributed by atoms with E-state index >= 15 is 0 Å². The number of nitrogens with one attached hydrogen (secondary N) is 3. The molecule has 0 aromatic heterocycles.